The fraction of sp³-hybridized carbons (Fsp3) is 0.588. The van der Waals surface area contributed by atoms with Gasteiger partial charge in [-0.1, -0.05) is 31.2 Å². The fourth-order valence-corrected chi connectivity index (χ4v) is 3.86. The number of fused-ring (bicyclic) bond motifs is 2. The summed E-state index contributed by atoms with van der Waals surface area (Å²) in [4.78, 5) is 12.5. The maximum absolute atomic E-state index is 12.5. The van der Waals surface area contributed by atoms with Crippen molar-refractivity contribution in [1.82, 2.24) is 5.32 Å². The van der Waals surface area contributed by atoms with E-state index in [0.717, 1.165) is 31.2 Å². The highest BCUT2D eigenvalue weighted by molar-refractivity contribution is 5.90. The highest BCUT2D eigenvalue weighted by atomic mass is 16.3. The topological polar surface area (TPSA) is 49.3 Å². The van der Waals surface area contributed by atoms with Gasteiger partial charge in [0.2, 0.25) is 5.91 Å². The molecule has 3 heteroatoms. The third-order valence-electron chi connectivity index (χ3n) is 5.77. The van der Waals surface area contributed by atoms with Crippen LogP contribution < -0.4 is 5.32 Å². The van der Waals surface area contributed by atoms with Gasteiger partial charge in [0.05, 0.1) is 17.6 Å². The number of hydrogen-bond donors (Lipinski definition) is 2. The summed E-state index contributed by atoms with van der Waals surface area (Å²) >= 11 is 0. The Morgan fingerprint density at radius 3 is 2.75 bits per heavy atom. The van der Waals surface area contributed by atoms with Crippen molar-refractivity contribution in [2.75, 3.05) is 6.61 Å². The van der Waals surface area contributed by atoms with Gasteiger partial charge < -0.3 is 10.4 Å². The Morgan fingerprint density at radius 1 is 1.40 bits per heavy atom. The monoisotopic (exact) mass is 271 g/mol. The number of carbonyl (C=O) groups is 1. The van der Waals surface area contributed by atoms with Crippen molar-refractivity contribution in [2.24, 2.45) is 11.3 Å². The second-order valence-corrected chi connectivity index (χ2v) is 6.98. The highest BCUT2D eigenvalue weighted by Crippen LogP contribution is 2.75. The first-order valence-electron chi connectivity index (χ1n) is 7.64. The van der Waals surface area contributed by atoms with E-state index in [0.29, 0.717) is 11.8 Å². The minimum atomic E-state index is -0.565. The van der Waals surface area contributed by atoms with E-state index >= 15 is 0 Å². The molecular weight excluding hydrogens is 250 g/mol. The van der Waals surface area contributed by atoms with Crippen molar-refractivity contribution in [3.8, 4) is 0 Å². The standard InChI is InChI=1S/C17H21NO2/c1-11-6-7-17(10-19,14-5-3-2-4-13(11)14)18-15(20)16-8-12(16)9-16/h2-5,11-12,19H,6-10H2,1H3,(H,18,20). The summed E-state index contributed by atoms with van der Waals surface area (Å²) in [7, 11) is 0. The van der Waals surface area contributed by atoms with Crippen LogP contribution in [0, 0.1) is 11.3 Å². The molecular formula is C17H21NO2. The van der Waals surface area contributed by atoms with E-state index in [-0.39, 0.29) is 17.9 Å². The zero-order valence-corrected chi connectivity index (χ0v) is 11.9. The fourth-order valence-electron chi connectivity index (χ4n) is 3.86. The molecule has 0 bridgehead atoms. The van der Waals surface area contributed by atoms with Crippen molar-refractivity contribution in [1.29, 1.82) is 0 Å². The maximum Gasteiger partial charge on any atom is 0.227 e. The highest BCUT2D eigenvalue weighted by Gasteiger charge is 2.75. The van der Waals surface area contributed by atoms with Crippen LogP contribution in [0.15, 0.2) is 24.3 Å². The smallest absolute Gasteiger partial charge is 0.227 e. The van der Waals surface area contributed by atoms with E-state index in [1.54, 1.807) is 0 Å². The Morgan fingerprint density at radius 2 is 2.10 bits per heavy atom. The molecule has 0 radical (unpaired) electrons. The second kappa shape index (κ2) is 3.85. The summed E-state index contributed by atoms with van der Waals surface area (Å²) in [5.41, 5.74) is 1.78. The Bertz CT molecular complexity index is 576. The molecule has 3 aliphatic rings. The third kappa shape index (κ3) is 1.53. The molecule has 2 atom stereocenters. The number of hydrogen-bond acceptors (Lipinski definition) is 2. The van der Waals surface area contributed by atoms with Gasteiger partial charge in [-0.25, -0.2) is 0 Å². The lowest BCUT2D eigenvalue weighted by molar-refractivity contribution is -0.127. The number of aliphatic hydroxyl groups excluding tert-OH is 1. The molecule has 0 aromatic heterocycles. The lowest BCUT2D eigenvalue weighted by atomic mass is 9.72. The first kappa shape index (κ1) is 12.4. The average molecular weight is 271 g/mol. The van der Waals surface area contributed by atoms with Crippen LogP contribution >= 0.6 is 0 Å². The molecule has 0 saturated heterocycles. The largest absolute Gasteiger partial charge is 0.394 e. The van der Waals surface area contributed by atoms with Crippen molar-refractivity contribution < 1.29 is 9.90 Å². The summed E-state index contributed by atoms with van der Waals surface area (Å²) < 4.78 is 0. The van der Waals surface area contributed by atoms with Crippen molar-refractivity contribution >= 4 is 5.91 Å². The van der Waals surface area contributed by atoms with Gasteiger partial charge >= 0.3 is 0 Å². The first-order valence-corrected chi connectivity index (χ1v) is 7.64. The Balaban J connectivity index is 1.70. The molecule has 0 heterocycles. The predicted molar refractivity (Wildman–Crippen MR) is 76.2 cm³/mol. The molecule has 1 aromatic rings. The molecule has 3 aliphatic carbocycles. The van der Waals surface area contributed by atoms with Crippen molar-refractivity contribution in [3.63, 3.8) is 0 Å². The van der Waals surface area contributed by atoms with E-state index in [4.69, 9.17) is 0 Å². The lowest BCUT2D eigenvalue weighted by Gasteiger charge is -2.41. The van der Waals surface area contributed by atoms with Crippen LogP contribution in [0.4, 0.5) is 0 Å². The molecule has 2 unspecified atom stereocenters. The van der Waals surface area contributed by atoms with E-state index in [2.05, 4.69) is 24.4 Å². The molecule has 1 amide bonds. The summed E-state index contributed by atoms with van der Waals surface area (Å²) in [6.45, 7) is 2.21. The minimum absolute atomic E-state index is 0.0107. The number of nitrogens with one attached hydrogen (secondary N) is 1. The molecule has 4 rings (SSSR count). The van der Waals surface area contributed by atoms with Gasteiger partial charge in [-0.05, 0) is 48.6 Å². The van der Waals surface area contributed by atoms with Gasteiger partial charge in [0.1, 0.15) is 0 Å². The first-order chi connectivity index (χ1) is 9.61. The van der Waals surface area contributed by atoms with Crippen LogP contribution in [0.3, 0.4) is 0 Å². The molecule has 2 saturated carbocycles. The predicted octanol–water partition coefficient (Wildman–Crippen LogP) is 2.30. The Kier molecular flexibility index (Phi) is 2.39. The van der Waals surface area contributed by atoms with E-state index in [9.17, 15) is 9.90 Å². The van der Waals surface area contributed by atoms with Gasteiger partial charge in [-0.15, -0.1) is 0 Å². The van der Waals surface area contributed by atoms with Gasteiger partial charge in [0, 0.05) is 0 Å². The van der Waals surface area contributed by atoms with Gasteiger partial charge in [-0.3, -0.25) is 4.79 Å². The quantitative estimate of drug-likeness (QED) is 0.886. The van der Waals surface area contributed by atoms with E-state index in [1.807, 2.05) is 12.1 Å². The summed E-state index contributed by atoms with van der Waals surface area (Å²) in [5, 5.41) is 13.2. The normalized spacial score (nSPS) is 40.5. The molecule has 20 heavy (non-hydrogen) atoms. The number of aliphatic hydroxyl groups is 1. The summed E-state index contributed by atoms with van der Waals surface area (Å²) in [6.07, 6.45) is 3.94. The zero-order chi connectivity index (χ0) is 14.0. The van der Waals surface area contributed by atoms with Crippen LogP contribution in [0.1, 0.15) is 49.7 Å². The van der Waals surface area contributed by atoms with Crippen LogP contribution in [-0.4, -0.2) is 17.6 Å². The van der Waals surface area contributed by atoms with E-state index in [1.165, 1.54) is 5.56 Å². The minimum Gasteiger partial charge on any atom is -0.394 e. The molecule has 2 fully saturated rings. The molecule has 1 aromatic carbocycles. The number of rotatable bonds is 3. The zero-order valence-electron chi connectivity index (χ0n) is 11.9. The van der Waals surface area contributed by atoms with Crippen molar-refractivity contribution in [3.05, 3.63) is 35.4 Å². The van der Waals surface area contributed by atoms with Crippen LogP contribution in [0.2, 0.25) is 0 Å². The van der Waals surface area contributed by atoms with Gasteiger partial charge in [0.25, 0.3) is 0 Å². The Hall–Kier alpha value is -1.35. The third-order valence-corrected chi connectivity index (χ3v) is 5.77. The van der Waals surface area contributed by atoms with Crippen LogP contribution in [0.5, 0.6) is 0 Å². The average Bonchev–Trinajstić information content (AvgIpc) is 3.32. The van der Waals surface area contributed by atoms with Gasteiger partial charge in [-0.2, -0.15) is 0 Å². The molecule has 0 aliphatic heterocycles. The molecule has 106 valence electrons. The van der Waals surface area contributed by atoms with Crippen LogP contribution in [0.25, 0.3) is 0 Å². The molecule has 0 spiro atoms. The second-order valence-electron chi connectivity index (χ2n) is 6.98. The SMILES string of the molecule is CC1CCC(CO)(NC(=O)C23CC2C3)c2ccccc21. The number of benzene rings is 1. The number of amides is 1. The van der Waals surface area contributed by atoms with Crippen LogP contribution in [-0.2, 0) is 10.3 Å². The molecule has 3 nitrogen and oxygen atoms in total. The number of carbonyl (C=O) groups excluding carboxylic acids is 1. The van der Waals surface area contributed by atoms with E-state index < -0.39 is 5.54 Å². The molecule has 2 N–H and O–H groups in total. The Labute approximate surface area is 119 Å². The summed E-state index contributed by atoms with van der Waals surface area (Å²) in [6, 6.07) is 8.24. The summed E-state index contributed by atoms with van der Waals surface area (Å²) in [5.74, 6) is 1.30. The van der Waals surface area contributed by atoms with Gasteiger partial charge in [0.15, 0.2) is 0 Å². The lowest BCUT2D eigenvalue weighted by Crippen LogP contribution is -2.52. The van der Waals surface area contributed by atoms with Crippen molar-refractivity contribution in [2.45, 2.75) is 44.1 Å². The maximum atomic E-state index is 12.5.